The van der Waals surface area contributed by atoms with Crippen molar-refractivity contribution in [1.82, 2.24) is 10.6 Å². The van der Waals surface area contributed by atoms with Gasteiger partial charge in [-0.3, -0.25) is 14.2 Å². The van der Waals surface area contributed by atoms with Crippen LogP contribution in [0.1, 0.15) is 0 Å². The summed E-state index contributed by atoms with van der Waals surface area (Å²) in [7, 11) is -6.08. The van der Waals surface area contributed by atoms with Crippen molar-refractivity contribution >= 4 is 19.6 Å². The van der Waals surface area contributed by atoms with Gasteiger partial charge in [-0.2, -0.15) is 132 Å². The van der Waals surface area contributed by atoms with E-state index in [1.807, 2.05) is 9.47 Å². The second kappa shape index (κ2) is 19.0. The summed E-state index contributed by atoms with van der Waals surface area (Å²) in [5, 5.41) is 1.12. The molecule has 0 aromatic carbocycles. The number of carbonyl (C=O) groups excluding carboxylic acids is 2. The van der Waals surface area contributed by atoms with E-state index in [4.69, 9.17) is 0 Å². The maximum atomic E-state index is 13.7. The molecular weight excluding hydrogens is 1060 g/mol. The molecule has 2 N–H and O–H groups in total. The minimum absolute atomic E-state index is 0.559. The molecule has 0 unspecified atom stereocenters. The lowest BCUT2D eigenvalue weighted by molar-refractivity contribution is -0.565. The highest BCUT2D eigenvalue weighted by Crippen LogP contribution is 2.52. The van der Waals surface area contributed by atoms with Gasteiger partial charge in [-0.1, -0.05) is 0 Å². The molecule has 0 fully saturated rings. The predicted octanol–water partition coefficient (Wildman–Crippen LogP) is 7.06. The fourth-order valence-corrected chi connectivity index (χ4v) is 3.24. The third-order valence-corrected chi connectivity index (χ3v) is 6.35. The second-order valence-electron chi connectivity index (χ2n) is 10.4. The van der Waals surface area contributed by atoms with Crippen molar-refractivity contribution in [3.05, 3.63) is 0 Å². The van der Waals surface area contributed by atoms with Crippen molar-refractivity contribution in [2.75, 3.05) is 26.3 Å². The molecule has 388 valence electrons. The number of rotatable bonds is 26. The van der Waals surface area contributed by atoms with E-state index in [9.17, 15) is 151 Å². The van der Waals surface area contributed by atoms with Gasteiger partial charge in [-0.05, 0) is 0 Å². The van der Waals surface area contributed by atoms with Gasteiger partial charge in [0.15, 0.2) is 0 Å². The van der Waals surface area contributed by atoms with Gasteiger partial charge in [-0.25, -0.2) is 28.4 Å². The molecule has 0 spiro atoms. The number of hydrogen-bond donors (Lipinski definition) is 2. The maximum Gasteiger partial charge on any atom is 0.483 e. The number of hydrogen-bond acceptors (Lipinski definition) is 12. The van der Waals surface area contributed by atoms with Crippen molar-refractivity contribution in [3.63, 3.8) is 0 Å². The van der Waals surface area contributed by atoms with Crippen LogP contribution >= 0.6 is 7.82 Å². The van der Waals surface area contributed by atoms with Crippen LogP contribution in [-0.2, 0) is 51.6 Å². The van der Waals surface area contributed by atoms with Gasteiger partial charge in [0, 0.05) is 13.1 Å². The van der Waals surface area contributed by atoms with E-state index in [1.54, 1.807) is 0 Å². The topological polar surface area (TPSA) is 172 Å². The van der Waals surface area contributed by atoms with Crippen LogP contribution in [0.3, 0.4) is 0 Å². The monoisotopic (exact) mass is 1070 g/mol. The molecule has 65 heavy (non-hydrogen) atoms. The fraction of sp³-hybridized carbons (Fsp3) is 0.900. The van der Waals surface area contributed by atoms with Gasteiger partial charge in [0.05, 0.1) is 13.2 Å². The fourth-order valence-electron chi connectivity index (χ4n) is 2.54. The van der Waals surface area contributed by atoms with Crippen molar-refractivity contribution in [2.24, 2.45) is 0 Å². The number of ether oxygens (including phenoxy) is 6. The highest BCUT2D eigenvalue weighted by atomic mass is 31.2. The van der Waals surface area contributed by atoms with E-state index < -0.39 is 132 Å². The highest BCUT2D eigenvalue weighted by Gasteiger charge is 2.78. The van der Waals surface area contributed by atoms with E-state index >= 15 is 0 Å². The average Bonchev–Trinajstić information content (AvgIpc) is 3.00. The lowest BCUT2D eigenvalue weighted by atomic mass is 10.4. The zero-order valence-corrected chi connectivity index (χ0v) is 29.4. The lowest BCUT2D eigenvalue weighted by Gasteiger charge is -2.34. The van der Waals surface area contributed by atoms with Crippen LogP contribution < -0.4 is 15.5 Å². The second-order valence-corrected chi connectivity index (χ2v) is 11.8. The third-order valence-electron chi connectivity index (χ3n) is 5.36. The third kappa shape index (κ3) is 15.9. The van der Waals surface area contributed by atoms with Crippen LogP contribution in [-0.4, -0.2) is 124 Å². The zero-order chi connectivity index (χ0) is 52.6. The number of halogens is 30. The Kier molecular flexibility index (Phi) is 18.0. The summed E-state index contributed by atoms with van der Waals surface area (Å²) in [5.41, 5.74) is 0. The first-order chi connectivity index (χ1) is 28.0. The van der Waals surface area contributed by atoms with Gasteiger partial charge in [0.2, 0.25) is 0 Å². The van der Waals surface area contributed by atoms with E-state index in [0.29, 0.717) is 10.6 Å². The molecule has 0 heterocycles. The Hall–Kier alpha value is -3.29. The standard InChI is InChI=1S/C20H11F30N2O12P/c21-7(22,59-13(35,36)15(39,40)63-19(47,48)17(43,44)61-11(31,32)9(25,26)27)5(53)51-1-3-57-65(55,56)58-4-2-52-6(54)8(23,24)60-14(37,38)16(41,42)64-20(49,50)18(45,46)62-12(33,34)10(28,29)30/h1-4H2,(H,51,53)(H,52,54)(H,55,56)/p-1. The SMILES string of the molecule is O=C(NCCOP(=O)([O-])OCCNC(=O)C(F)(F)OC(F)(F)C(F)(F)OC(F)(F)C(F)(F)OC(F)(F)C(F)(F)F)C(F)(F)OC(F)(F)C(F)(F)OC(F)(F)C(F)(F)OC(F)(F)C(F)(F)F. The summed E-state index contributed by atoms with van der Waals surface area (Å²) in [6, 6.07) is 0. The van der Waals surface area contributed by atoms with Crippen LogP contribution in [0.2, 0.25) is 0 Å². The average molecular weight is 1070 g/mol. The summed E-state index contributed by atoms with van der Waals surface area (Å²) in [5.74, 6) is -6.98. The van der Waals surface area contributed by atoms with Gasteiger partial charge < -0.3 is 24.6 Å². The zero-order valence-electron chi connectivity index (χ0n) is 28.5. The molecule has 45 heteroatoms. The summed E-state index contributed by atoms with van der Waals surface area (Å²) in [6.07, 6.45) is -104. The van der Waals surface area contributed by atoms with E-state index in [0.717, 1.165) is 0 Å². The molecule has 0 aliphatic heterocycles. The maximum absolute atomic E-state index is 13.7. The Labute approximate surface area is 331 Å². The first-order valence-electron chi connectivity index (χ1n) is 14.0. The number of phosphoric ester groups is 1. The molecule has 0 aliphatic carbocycles. The quantitative estimate of drug-likeness (QED) is 0.0515. The van der Waals surface area contributed by atoms with Gasteiger partial charge in [-0.15, -0.1) is 0 Å². The molecule has 0 radical (unpaired) electrons. The minimum atomic E-state index is -7.74. The first-order valence-corrected chi connectivity index (χ1v) is 15.5. The van der Waals surface area contributed by atoms with Gasteiger partial charge >= 0.3 is 97.5 Å². The molecule has 0 atom stereocenters. The number of carbonyl (C=O) groups is 2. The molecular formula is C20H10F30N2O12P-. The summed E-state index contributed by atoms with van der Waals surface area (Å²) in [4.78, 5) is 34.1. The Morgan fingerprint density at radius 3 is 0.738 bits per heavy atom. The predicted molar refractivity (Wildman–Crippen MR) is 124 cm³/mol. The Balaban J connectivity index is 5.34. The number of alkyl halides is 30. The summed E-state index contributed by atoms with van der Waals surface area (Å²) < 4.78 is 417. The number of nitrogens with one attached hydrogen (secondary N) is 2. The first kappa shape index (κ1) is 61.7. The molecule has 0 aromatic rings. The van der Waals surface area contributed by atoms with Crippen LogP contribution in [0.4, 0.5) is 132 Å². The molecule has 0 aliphatic rings. The van der Waals surface area contributed by atoms with Gasteiger partial charge in [0.25, 0.3) is 7.82 Å². The molecule has 14 nitrogen and oxygen atoms in total. The smallest absolute Gasteiger partial charge is 0.483 e. The van der Waals surface area contributed by atoms with Crippen molar-refractivity contribution < 1.29 is 188 Å². The Bertz CT molecular complexity index is 1570. The van der Waals surface area contributed by atoms with Crippen LogP contribution in [0, 0.1) is 0 Å². The largest absolute Gasteiger partial charge is 0.756 e. The number of amides is 2. The Morgan fingerprint density at radius 1 is 0.354 bits per heavy atom. The number of phosphoric acid groups is 1. The Morgan fingerprint density at radius 2 is 0.538 bits per heavy atom. The van der Waals surface area contributed by atoms with Crippen molar-refractivity contribution in [2.45, 2.75) is 85.7 Å². The molecule has 0 bridgehead atoms. The van der Waals surface area contributed by atoms with Crippen molar-refractivity contribution in [1.29, 1.82) is 0 Å². The van der Waals surface area contributed by atoms with Crippen LogP contribution in [0.5, 0.6) is 0 Å². The van der Waals surface area contributed by atoms with Crippen LogP contribution in [0.15, 0.2) is 0 Å². The normalized spacial score (nSPS) is 15.6. The minimum Gasteiger partial charge on any atom is -0.756 e. The van der Waals surface area contributed by atoms with Crippen LogP contribution in [0.25, 0.3) is 0 Å². The van der Waals surface area contributed by atoms with Gasteiger partial charge in [0.1, 0.15) is 0 Å². The lowest BCUT2D eigenvalue weighted by Crippen LogP contribution is -2.59. The van der Waals surface area contributed by atoms with E-state index in [2.05, 4.69) is 9.05 Å². The summed E-state index contributed by atoms with van der Waals surface area (Å²) >= 11 is 0. The molecule has 0 aromatic heterocycles. The molecule has 0 saturated heterocycles. The molecule has 0 rings (SSSR count). The van der Waals surface area contributed by atoms with E-state index in [-0.39, 0.29) is 0 Å². The van der Waals surface area contributed by atoms with E-state index in [1.165, 1.54) is 18.9 Å². The van der Waals surface area contributed by atoms with Crippen molar-refractivity contribution in [3.8, 4) is 0 Å². The highest BCUT2D eigenvalue weighted by molar-refractivity contribution is 7.45. The molecule has 0 saturated carbocycles. The molecule has 2 amide bonds. The summed E-state index contributed by atoms with van der Waals surface area (Å²) in [6.45, 7) is -7.35.